The second-order valence-electron chi connectivity index (χ2n) is 8.11. The Bertz CT molecular complexity index is 1510. The summed E-state index contributed by atoms with van der Waals surface area (Å²) in [7, 11) is 1.41. The zero-order chi connectivity index (χ0) is 26.9. The van der Waals surface area contributed by atoms with Gasteiger partial charge in [-0.25, -0.2) is 4.68 Å². The lowest BCUT2D eigenvalue weighted by Gasteiger charge is -2.18. The number of halogens is 4. The number of alkyl halides is 3. The van der Waals surface area contributed by atoms with E-state index >= 15 is 0 Å². The molecule has 0 saturated carbocycles. The third-order valence-electron chi connectivity index (χ3n) is 5.48. The molecule has 2 N–H and O–H groups in total. The monoisotopic (exact) mass is 532 g/mol. The minimum atomic E-state index is -4.82. The van der Waals surface area contributed by atoms with Crippen molar-refractivity contribution >= 4 is 23.2 Å². The van der Waals surface area contributed by atoms with Crippen molar-refractivity contribution in [3.8, 4) is 17.2 Å². The van der Waals surface area contributed by atoms with Crippen molar-refractivity contribution in [2.24, 2.45) is 0 Å². The molecule has 0 unspecified atom stereocenters. The lowest BCUT2D eigenvalue weighted by molar-refractivity contribution is -0.141. The molecule has 4 aromatic rings. The highest BCUT2D eigenvalue weighted by molar-refractivity contribution is 6.32. The summed E-state index contributed by atoms with van der Waals surface area (Å²) in [5.74, 6) is -0.701. The molecule has 2 aromatic carbocycles. The van der Waals surface area contributed by atoms with Crippen LogP contribution in [-0.2, 0) is 12.8 Å². The van der Waals surface area contributed by atoms with Gasteiger partial charge in [0.1, 0.15) is 18.1 Å². The number of benzene rings is 2. The molecule has 0 atom stereocenters. The van der Waals surface area contributed by atoms with Crippen molar-refractivity contribution in [1.29, 1.82) is 0 Å². The number of nitrogens with one attached hydrogen (secondary N) is 1. The lowest BCUT2D eigenvalue weighted by atomic mass is 10.1. The molecule has 2 aromatic heterocycles. The number of aryl methyl sites for hydroxylation is 1. The molecule has 0 saturated heterocycles. The Hall–Kier alpha value is -4.25. The van der Waals surface area contributed by atoms with E-state index in [0.717, 1.165) is 21.2 Å². The molecule has 0 bridgehead atoms. The molecule has 0 aliphatic carbocycles. The first kappa shape index (κ1) is 25.8. The maximum Gasteiger partial charge on any atom is 0.436 e. The molecule has 0 aliphatic rings. The fourth-order valence-electron chi connectivity index (χ4n) is 3.48. The highest BCUT2D eigenvalue weighted by Gasteiger charge is 2.39. The third-order valence-corrected chi connectivity index (χ3v) is 5.88. The van der Waals surface area contributed by atoms with Crippen molar-refractivity contribution in [2.75, 3.05) is 11.9 Å². The second-order valence-corrected chi connectivity index (χ2v) is 8.49. The number of hydrogen-bond donors (Lipinski definition) is 2. The van der Waals surface area contributed by atoms with Crippen LogP contribution in [0.1, 0.15) is 27.3 Å². The second kappa shape index (κ2) is 10.0. The van der Waals surface area contributed by atoms with Gasteiger partial charge in [0, 0.05) is 24.9 Å². The molecule has 192 valence electrons. The fraction of sp³-hybridized carbons (Fsp3) is 0.160. The number of aromatic nitrogens is 3. The summed E-state index contributed by atoms with van der Waals surface area (Å²) in [6, 6.07) is 13.8. The fourth-order valence-corrected chi connectivity index (χ4v) is 3.75. The zero-order valence-corrected chi connectivity index (χ0v) is 20.3. The van der Waals surface area contributed by atoms with Gasteiger partial charge in [0.2, 0.25) is 0 Å². The van der Waals surface area contributed by atoms with Crippen LogP contribution >= 0.6 is 11.6 Å². The smallest absolute Gasteiger partial charge is 0.436 e. The zero-order valence-electron chi connectivity index (χ0n) is 19.5. The van der Waals surface area contributed by atoms with Crippen LogP contribution in [0.25, 0.3) is 5.69 Å². The van der Waals surface area contributed by atoms with Gasteiger partial charge in [-0.05, 0) is 37.3 Å². The van der Waals surface area contributed by atoms with Crippen molar-refractivity contribution in [1.82, 2.24) is 14.8 Å². The van der Waals surface area contributed by atoms with E-state index < -0.39 is 34.1 Å². The Labute approximate surface area is 213 Å². The molecule has 2 heterocycles. The number of amides is 1. The average molecular weight is 533 g/mol. The van der Waals surface area contributed by atoms with Crippen LogP contribution in [0.3, 0.4) is 0 Å². The van der Waals surface area contributed by atoms with E-state index in [-0.39, 0.29) is 29.2 Å². The molecular weight excluding hydrogens is 513 g/mol. The van der Waals surface area contributed by atoms with Crippen LogP contribution in [0.2, 0.25) is 5.02 Å². The van der Waals surface area contributed by atoms with E-state index in [1.807, 2.05) is 6.92 Å². The largest absolute Gasteiger partial charge is 0.503 e. The van der Waals surface area contributed by atoms with E-state index in [2.05, 4.69) is 10.1 Å². The van der Waals surface area contributed by atoms with Gasteiger partial charge >= 0.3 is 6.18 Å². The highest BCUT2D eigenvalue weighted by Crippen LogP contribution is 2.37. The maximum absolute atomic E-state index is 13.6. The van der Waals surface area contributed by atoms with Crippen LogP contribution < -0.4 is 15.2 Å². The molecule has 12 heteroatoms. The maximum atomic E-state index is 13.6. The van der Waals surface area contributed by atoms with Gasteiger partial charge in [-0.1, -0.05) is 35.4 Å². The number of ether oxygens (including phenoxy) is 1. The summed E-state index contributed by atoms with van der Waals surface area (Å²) in [4.78, 5) is 27.9. The van der Waals surface area contributed by atoms with Gasteiger partial charge < -0.3 is 19.7 Å². The predicted molar refractivity (Wildman–Crippen MR) is 131 cm³/mol. The minimum absolute atomic E-state index is 0.0573. The summed E-state index contributed by atoms with van der Waals surface area (Å²) in [5.41, 5.74) is -0.630. The van der Waals surface area contributed by atoms with Gasteiger partial charge in [-0.2, -0.15) is 18.3 Å². The van der Waals surface area contributed by atoms with Crippen LogP contribution in [0, 0.1) is 6.92 Å². The normalized spacial score (nSPS) is 11.4. The first-order chi connectivity index (χ1) is 17.5. The predicted octanol–water partition coefficient (Wildman–Crippen LogP) is 5.10. The Morgan fingerprint density at radius 3 is 2.54 bits per heavy atom. The SMILES string of the molecule is Cc1ccc(OCc2c(Cl)c(C(F)(F)F)nn2-c2cccc(C(=O)N(C)c3c[nH]c(=O)c(O)c3)c2)cc1. The molecular formula is C25H20ClF3N4O4. The molecule has 1 amide bonds. The molecule has 0 spiro atoms. The first-order valence-electron chi connectivity index (χ1n) is 10.8. The van der Waals surface area contributed by atoms with Crippen LogP contribution in [0.15, 0.2) is 65.6 Å². The Balaban J connectivity index is 1.70. The van der Waals surface area contributed by atoms with Crippen LogP contribution in [0.5, 0.6) is 11.5 Å². The van der Waals surface area contributed by atoms with E-state index in [0.29, 0.717) is 5.75 Å². The van der Waals surface area contributed by atoms with Gasteiger partial charge in [0.15, 0.2) is 11.4 Å². The van der Waals surface area contributed by atoms with E-state index in [4.69, 9.17) is 16.3 Å². The van der Waals surface area contributed by atoms with Gasteiger partial charge in [-0.3, -0.25) is 9.59 Å². The summed E-state index contributed by atoms with van der Waals surface area (Å²) >= 11 is 6.10. The molecule has 8 nitrogen and oxygen atoms in total. The number of anilines is 1. The van der Waals surface area contributed by atoms with Crippen molar-refractivity contribution in [3.05, 3.63) is 98.7 Å². The molecule has 0 fully saturated rings. The van der Waals surface area contributed by atoms with Crippen molar-refractivity contribution < 1.29 is 27.8 Å². The average Bonchev–Trinajstić information content (AvgIpc) is 3.21. The number of carbonyl (C=O) groups excluding carboxylic acids is 1. The molecule has 37 heavy (non-hydrogen) atoms. The van der Waals surface area contributed by atoms with Crippen molar-refractivity contribution in [2.45, 2.75) is 19.7 Å². The lowest BCUT2D eigenvalue weighted by Crippen LogP contribution is -2.27. The number of aromatic hydroxyl groups is 1. The van der Waals surface area contributed by atoms with E-state index in [1.165, 1.54) is 37.5 Å². The summed E-state index contributed by atoms with van der Waals surface area (Å²) in [6.45, 7) is 1.57. The number of hydrogen-bond acceptors (Lipinski definition) is 5. The first-order valence-corrected chi connectivity index (χ1v) is 11.2. The number of carbonyl (C=O) groups is 1. The number of pyridine rings is 1. The Kier molecular flexibility index (Phi) is 6.99. The van der Waals surface area contributed by atoms with E-state index in [9.17, 15) is 27.9 Å². The number of nitrogens with zero attached hydrogens (tertiary/aromatic N) is 3. The van der Waals surface area contributed by atoms with Crippen LogP contribution in [0.4, 0.5) is 18.9 Å². The highest BCUT2D eigenvalue weighted by atomic mass is 35.5. The standard InChI is InChI=1S/C25H20ClF3N4O4/c1-14-6-8-18(9-7-14)37-13-19-21(26)22(25(27,28)29)31-33(19)16-5-3-4-15(10-16)24(36)32(2)17-11-20(34)23(35)30-12-17/h3-12,34H,13H2,1-2H3,(H,30,35). The van der Waals surface area contributed by atoms with Gasteiger partial charge in [0.05, 0.1) is 16.4 Å². The summed E-state index contributed by atoms with van der Waals surface area (Å²) in [5, 5.41) is 12.7. The molecule has 0 radical (unpaired) electrons. The van der Waals surface area contributed by atoms with E-state index in [1.54, 1.807) is 24.3 Å². The van der Waals surface area contributed by atoms with Gasteiger partial charge in [0.25, 0.3) is 11.5 Å². The van der Waals surface area contributed by atoms with Crippen LogP contribution in [-0.4, -0.2) is 32.8 Å². The molecule has 0 aliphatic heterocycles. The minimum Gasteiger partial charge on any atom is -0.503 e. The summed E-state index contributed by atoms with van der Waals surface area (Å²) < 4.78 is 47.5. The molecule has 4 rings (SSSR count). The topological polar surface area (TPSA) is 100 Å². The number of aromatic amines is 1. The number of H-pyrrole nitrogens is 1. The quantitative estimate of drug-likeness (QED) is 0.360. The Morgan fingerprint density at radius 1 is 1.19 bits per heavy atom. The Morgan fingerprint density at radius 2 is 1.89 bits per heavy atom. The summed E-state index contributed by atoms with van der Waals surface area (Å²) in [6.07, 6.45) is -3.58. The number of rotatable bonds is 6. The van der Waals surface area contributed by atoms with Crippen molar-refractivity contribution in [3.63, 3.8) is 0 Å². The van der Waals surface area contributed by atoms with Gasteiger partial charge in [-0.15, -0.1) is 0 Å². The third kappa shape index (κ3) is 5.46.